The molecule has 2 aromatic heterocycles. The molecule has 0 saturated carbocycles. The van der Waals surface area contributed by atoms with Gasteiger partial charge in [0.1, 0.15) is 11.6 Å². The first-order valence-corrected chi connectivity index (χ1v) is 11.6. The Morgan fingerprint density at radius 1 is 1.14 bits per heavy atom. The van der Waals surface area contributed by atoms with Crippen molar-refractivity contribution >= 4 is 33.9 Å². The molecule has 0 spiro atoms. The minimum atomic E-state index is -0.651. The highest BCUT2D eigenvalue weighted by molar-refractivity contribution is 7.16. The van der Waals surface area contributed by atoms with Crippen LogP contribution < -0.4 is 15.6 Å². The van der Waals surface area contributed by atoms with Crippen LogP contribution in [0.2, 0.25) is 0 Å². The van der Waals surface area contributed by atoms with Gasteiger partial charge in [-0.05, 0) is 36.8 Å². The molecular formula is C24H21FN4O5S. The molecule has 0 bridgehead atoms. The lowest BCUT2D eigenvalue weighted by molar-refractivity contribution is -0.118. The van der Waals surface area contributed by atoms with Gasteiger partial charge in [-0.15, -0.1) is 0 Å². The number of carbonyl (C=O) groups is 2. The molecule has 4 aromatic rings. The number of halogens is 1. The number of esters is 1. The van der Waals surface area contributed by atoms with Crippen molar-refractivity contribution in [2.75, 3.05) is 11.9 Å². The summed E-state index contributed by atoms with van der Waals surface area (Å²) in [7, 11) is 0. The van der Waals surface area contributed by atoms with Crippen LogP contribution in [-0.2, 0) is 22.6 Å². The molecule has 0 radical (unpaired) electrons. The SMILES string of the molecule is CCCc1nn2c(=O)cc(COC(=O)c3cccc(NC(=O)COc4ccccc4F)c3)nc2s1. The quantitative estimate of drug-likeness (QED) is 0.352. The Hall–Kier alpha value is -4.12. The fourth-order valence-corrected chi connectivity index (χ4v) is 4.15. The van der Waals surface area contributed by atoms with Crippen molar-refractivity contribution in [3.63, 3.8) is 0 Å². The number of fused-ring (bicyclic) bond motifs is 1. The number of nitrogens with zero attached hydrogens (tertiary/aromatic N) is 3. The predicted molar refractivity (Wildman–Crippen MR) is 127 cm³/mol. The van der Waals surface area contributed by atoms with Crippen LogP contribution in [0, 0.1) is 5.82 Å². The number of ether oxygens (including phenoxy) is 2. The van der Waals surface area contributed by atoms with E-state index in [4.69, 9.17) is 9.47 Å². The lowest BCUT2D eigenvalue weighted by Crippen LogP contribution is -2.20. The third-order valence-electron chi connectivity index (χ3n) is 4.73. The fourth-order valence-electron chi connectivity index (χ4n) is 3.13. The number of para-hydroxylation sites is 1. The molecule has 0 aliphatic rings. The Morgan fingerprint density at radius 3 is 2.77 bits per heavy atom. The third-order valence-corrected chi connectivity index (χ3v) is 5.70. The maximum absolute atomic E-state index is 13.6. The van der Waals surface area contributed by atoms with E-state index in [1.54, 1.807) is 18.2 Å². The summed E-state index contributed by atoms with van der Waals surface area (Å²) < 4.78 is 25.3. The van der Waals surface area contributed by atoms with Gasteiger partial charge in [0.15, 0.2) is 18.2 Å². The highest BCUT2D eigenvalue weighted by Gasteiger charge is 2.13. The lowest BCUT2D eigenvalue weighted by Gasteiger charge is -2.09. The number of rotatable bonds is 9. The average molecular weight is 497 g/mol. The van der Waals surface area contributed by atoms with Crippen molar-refractivity contribution in [3.05, 3.63) is 87.0 Å². The van der Waals surface area contributed by atoms with E-state index >= 15 is 0 Å². The van der Waals surface area contributed by atoms with Gasteiger partial charge in [-0.25, -0.2) is 14.2 Å². The van der Waals surface area contributed by atoms with E-state index in [0.717, 1.165) is 17.8 Å². The van der Waals surface area contributed by atoms with Crippen LogP contribution >= 0.6 is 11.3 Å². The van der Waals surface area contributed by atoms with E-state index in [9.17, 15) is 18.8 Å². The summed E-state index contributed by atoms with van der Waals surface area (Å²) in [5.41, 5.74) is 0.498. The summed E-state index contributed by atoms with van der Waals surface area (Å²) in [6.07, 6.45) is 1.65. The van der Waals surface area contributed by atoms with Gasteiger partial charge in [0.25, 0.3) is 11.5 Å². The maximum Gasteiger partial charge on any atom is 0.338 e. The van der Waals surface area contributed by atoms with Gasteiger partial charge in [0.2, 0.25) is 4.96 Å². The van der Waals surface area contributed by atoms with Gasteiger partial charge in [-0.1, -0.05) is 36.5 Å². The topological polar surface area (TPSA) is 112 Å². The molecule has 35 heavy (non-hydrogen) atoms. The molecule has 9 nitrogen and oxygen atoms in total. The second kappa shape index (κ2) is 10.9. The van der Waals surface area contributed by atoms with Crippen molar-refractivity contribution < 1.29 is 23.5 Å². The maximum atomic E-state index is 13.6. The monoisotopic (exact) mass is 496 g/mol. The molecule has 11 heteroatoms. The van der Waals surface area contributed by atoms with Gasteiger partial charge in [-0.3, -0.25) is 9.59 Å². The molecule has 180 valence electrons. The number of amides is 1. The number of aromatic nitrogens is 3. The molecule has 0 aliphatic heterocycles. The van der Waals surface area contributed by atoms with Crippen molar-refractivity contribution in [2.45, 2.75) is 26.4 Å². The summed E-state index contributed by atoms with van der Waals surface area (Å²) in [6.45, 7) is 1.42. The molecule has 0 fully saturated rings. The minimum Gasteiger partial charge on any atom is -0.481 e. The Morgan fingerprint density at radius 2 is 1.97 bits per heavy atom. The van der Waals surface area contributed by atoms with Crippen molar-refractivity contribution in [1.29, 1.82) is 0 Å². The van der Waals surface area contributed by atoms with Gasteiger partial charge in [0, 0.05) is 18.2 Å². The zero-order valence-corrected chi connectivity index (χ0v) is 19.5. The number of benzene rings is 2. The van der Waals surface area contributed by atoms with Crippen LogP contribution in [0.1, 0.15) is 34.4 Å². The van der Waals surface area contributed by atoms with Crippen molar-refractivity contribution in [2.24, 2.45) is 0 Å². The highest BCUT2D eigenvalue weighted by Crippen LogP contribution is 2.17. The molecule has 1 amide bonds. The van der Waals surface area contributed by atoms with Crippen LogP contribution in [-0.4, -0.2) is 33.1 Å². The summed E-state index contributed by atoms with van der Waals surface area (Å²) >= 11 is 1.32. The van der Waals surface area contributed by atoms with Crippen LogP contribution in [0.5, 0.6) is 5.75 Å². The summed E-state index contributed by atoms with van der Waals surface area (Å²) in [5, 5.41) is 7.64. The van der Waals surface area contributed by atoms with Crippen molar-refractivity contribution in [3.8, 4) is 5.75 Å². The third kappa shape index (κ3) is 6.07. The van der Waals surface area contributed by atoms with Crippen LogP contribution in [0.3, 0.4) is 0 Å². The normalized spacial score (nSPS) is 10.8. The van der Waals surface area contributed by atoms with E-state index < -0.39 is 24.3 Å². The molecule has 0 unspecified atom stereocenters. The Bertz CT molecular complexity index is 1430. The largest absolute Gasteiger partial charge is 0.481 e. The van der Waals surface area contributed by atoms with E-state index in [2.05, 4.69) is 15.4 Å². The smallest absolute Gasteiger partial charge is 0.338 e. The molecule has 0 atom stereocenters. The molecule has 1 N–H and O–H groups in total. The molecule has 2 aromatic carbocycles. The second-order valence-corrected chi connectivity index (χ2v) is 8.49. The predicted octanol–water partition coefficient (Wildman–Crippen LogP) is 3.62. The summed E-state index contributed by atoms with van der Waals surface area (Å²) in [5.74, 6) is -1.78. The van der Waals surface area contributed by atoms with E-state index in [0.29, 0.717) is 16.3 Å². The number of nitrogens with one attached hydrogen (secondary N) is 1. The van der Waals surface area contributed by atoms with E-state index in [1.807, 2.05) is 6.92 Å². The Balaban J connectivity index is 1.36. The fraction of sp³-hybridized carbons (Fsp3) is 0.208. The number of carbonyl (C=O) groups excluding carboxylic acids is 2. The van der Waals surface area contributed by atoms with Crippen molar-refractivity contribution in [1.82, 2.24) is 14.6 Å². The second-order valence-electron chi connectivity index (χ2n) is 7.45. The first-order chi connectivity index (χ1) is 16.9. The van der Waals surface area contributed by atoms with E-state index in [-0.39, 0.29) is 23.5 Å². The van der Waals surface area contributed by atoms with Crippen LogP contribution in [0.15, 0.2) is 59.4 Å². The van der Waals surface area contributed by atoms with Crippen LogP contribution in [0.4, 0.5) is 10.1 Å². The van der Waals surface area contributed by atoms with Gasteiger partial charge >= 0.3 is 5.97 Å². The van der Waals surface area contributed by atoms with E-state index in [1.165, 1.54) is 52.3 Å². The first-order valence-electron chi connectivity index (χ1n) is 10.8. The first kappa shape index (κ1) is 24.0. The number of anilines is 1. The summed E-state index contributed by atoms with van der Waals surface area (Å²) in [4.78, 5) is 41.8. The number of hydrogen-bond donors (Lipinski definition) is 1. The lowest BCUT2D eigenvalue weighted by atomic mass is 10.2. The minimum absolute atomic E-state index is 0.0358. The molecule has 0 saturated heterocycles. The zero-order chi connectivity index (χ0) is 24.8. The number of aryl methyl sites for hydroxylation is 1. The summed E-state index contributed by atoms with van der Waals surface area (Å²) in [6, 6.07) is 13.2. The molecule has 4 rings (SSSR count). The van der Waals surface area contributed by atoms with Gasteiger partial charge in [-0.2, -0.15) is 9.61 Å². The van der Waals surface area contributed by atoms with Crippen LogP contribution in [0.25, 0.3) is 4.96 Å². The molecular weight excluding hydrogens is 475 g/mol. The highest BCUT2D eigenvalue weighted by atomic mass is 32.1. The Kier molecular flexibility index (Phi) is 7.46. The van der Waals surface area contributed by atoms with Gasteiger partial charge in [0.05, 0.1) is 11.3 Å². The Labute approximate surface area is 203 Å². The molecule has 0 aliphatic carbocycles. The average Bonchev–Trinajstić information content (AvgIpc) is 3.25. The molecule has 2 heterocycles. The zero-order valence-electron chi connectivity index (χ0n) is 18.7. The standard InChI is InChI=1S/C24H21FN4O5S/c1-2-6-21-28-29-22(31)12-17(27-24(29)35-21)13-34-23(32)15-7-5-8-16(11-15)26-20(30)14-33-19-10-4-3-9-18(19)25/h3-5,7-12H,2,6,13-14H2,1H3,(H,26,30). The number of hydrogen-bond acceptors (Lipinski definition) is 8. The van der Waals surface area contributed by atoms with Gasteiger partial charge < -0.3 is 14.8 Å².